The Morgan fingerprint density at radius 2 is 1.95 bits per heavy atom. The number of carbonyl (C=O) groups excluding carboxylic acids is 2. The standard InChI is InChI=1S/C15H22N4O2.ClH/c1-2-7-16-8-9-17-14(20)12-3-5-13(6-4-12)19-11-10-18-15(19)21;/h3-6,16H,2,7-11H2,1H3,(H,17,20)(H,18,21);1H. The zero-order valence-corrected chi connectivity index (χ0v) is 13.5. The van der Waals surface area contributed by atoms with Gasteiger partial charge in [-0.15, -0.1) is 12.4 Å². The molecule has 7 heteroatoms. The molecule has 0 aliphatic carbocycles. The molecule has 1 saturated heterocycles. The smallest absolute Gasteiger partial charge is 0.321 e. The lowest BCUT2D eigenvalue weighted by atomic mass is 10.2. The van der Waals surface area contributed by atoms with Crippen molar-refractivity contribution >= 4 is 30.0 Å². The summed E-state index contributed by atoms with van der Waals surface area (Å²) in [6.07, 6.45) is 1.08. The molecule has 22 heavy (non-hydrogen) atoms. The van der Waals surface area contributed by atoms with Crippen LogP contribution in [0.3, 0.4) is 0 Å². The van der Waals surface area contributed by atoms with Crippen LogP contribution in [0.2, 0.25) is 0 Å². The van der Waals surface area contributed by atoms with Gasteiger partial charge < -0.3 is 16.0 Å². The average Bonchev–Trinajstić information content (AvgIpc) is 2.93. The third-order valence-corrected chi connectivity index (χ3v) is 3.31. The van der Waals surface area contributed by atoms with E-state index in [4.69, 9.17) is 0 Å². The van der Waals surface area contributed by atoms with E-state index in [2.05, 4.69) is 22.9 Å². The molecule has 3 amide bonds. The highest BCUT2D eigenvalue weighted by Gasteiger charge is 2.20. The largest absolute Gasteiger partial charge is 0.351 e. The molecular weight excluding hydrogens is 304 g/mol. The minimum absolute atomic E-state index is 0. The van der Waals surface area contributed by atoms with Crippen LogP contribution in [0.15, 0.2) is 24.3 Å². The number of benzene rings is 1. The molecule has 0 radical (unpaired) electrons. The molecule has 6 nitrogen and oxygen atoms in total. The molecule has 122 valence electrons. The summed E-state index contributed by atoms with van der Waals surface area (Å²) in [6.45, 7) is 5.76. The summed E-state index contributed by atoms with van der Waals surface area (Å²) in [5.74, 6) is -0.0919. The minimum atomic E-state index is -0.0919. The van der Waals surface area contributed by atoms with Crippen LogP contribution in [0.5, 0.6) is 0 Å². The number of halogens is 1. The molecule has 1 heterocycles. The summed E-state index contributed by atoms with van der Waals surface area (Å²) in [7, 11) is 0. The van der Waals surface area contributed by atoms with E-state index in [9.17, 15) is 9.59 Å². The SMILES string of the molecule is CCCNCCNC(=O)c1ccc(N2CCNC2=O)cc1.Cl. The summed E-state index contributed by atoms with van der Waals surface area (Å²) in [6, 6.07) is 7.00. The summed E-state index contributed by atoms with van der Waals surface area (Å²) >= 11 is 0. The van der Waals surface area contributed by atoms with Gasteiger partial charge in [-0.2, -0.15) is 0 Å². The molecule has 1 aliphatic rings. The maximum atomic E-state index is 11.9. The molecule has 1 fully saturated rings. The maximum absolute atomic E-state index is 11.9. The third kappa shape index (κ3) is 4.89. The summed E-state index contributed by atoms with van der Waals surface area (Å²) < 4.78 is 0. The van der Waals surface area contributed by atoms with Crippen LogP contribution in [0, 0.1) is 0 Å². The van der Waals surface area contributed by atoms with E-state index in [0.717, 1.165) is 25.2 Å². The van der Waals surface area contributed by atoms with Gasteiger partial charge in [0.2, 0.25) is 0 Å². The monoisotopic (exact) mass is 326 g/mol. The fraction of sp³-hybridized carbons (Fsp3) is 0.467. The molecule has 3 N–H and O–H groups in total. The fourth-order valence-corrected chi connectivity index (χ4v) is 2.18. The van der Waals surface area contributed by atoms with Crippen molar-refractivity contribution in [3.05, 3.63) is 29.8 Å². The second-order valence-corrected chi connectivity index (χ2v) is 4.94. The molecule has 2 rings (SSSR count). The van der Waals surface area contributed by atoms with Crippen LogP contribution < -0.4 is 20.9 Å². The molecule has 0 unspecified atom stereocenters. The van der Waals surface area contributed by atoms with Crippen molar-refractivity contribution in [3.8, 4) is 0 Å². The highest BCUT2D eigenvalue weighted by molar-refractivity contribution is 5.96. The van der Waals surface area contributed by atoms with Gasteiger partial charge >= 0.3 is 6.03 Å². The zero-order valence-electron chi connectivity index (χ0n) is 12.7. The first-order valence-electron chi connectivity index (χ1n) is 7.36. The van der Waals surface area contributed by atoms with E-state index in [0.29, 0.717) is 25.2 Å². The average molecular weight is 327 g/mol. The van der Waals surface area contributed by atoms with Gasteiger partial charge in [-0.3, -0.25) is 9.69 Å². The summed E-state index contributed by atoms with van der Waals surface area (Å²) in [5, 5.41) is 8.84. The van der Waals surface area contributed by atoms with Crippen molar-refractivity contribution < 1.29 is 9.59 Å². The highest BCUT2D eigenvalue weighted by atomic mass is 35.5. The van der Waals surface area contributed by atoms with Crippen LogP contribution in [0.4, 0.5) is 10.5 Å². The van der Waals surface area contributed by atoms with Crippen LogP contribution in [0.25, 0.3) is 0 Å². The zero-order chi connectivity index (χ0) is 15.1. The summed E-state index contributed by atoms with van der Waals surface area (Å²) in [4.78, 5) is 25.2. The highest BCUT2D eigenvalue weighted by Crippen LogP contribution is 2.17. The van der Waals surface area contributed by atoms with Gasteiger partial charge in [0, 0.05) is 37.4 Å². The molecule has 0 spiro atoms. The van der Waals surface area contributed by atoms with Crippen LogP contribution in [0.1, 0.15) is 23.7 Å². The first kappa shape index (κ1) is 18.3. The van der Waals surface area contributed by atoms with E-state index in [1.807, 2.05) is 0 Å². The maximum Gasteiger partial charge on any atom is 0.321 e. The fourth-order valence-electron chi connectivity index (χ4n) is 2.18. The predicted molar refractivity (Wildman–Crippen MR) is 89.9 cm³/mol. The van der Waals surface area contributed by atoms with Crippen LogP contribution >= 0.6 is 12.4 Å². The molecule has 0 bridgehead atoms. The molecule has 0 saturated carbocycles. The molecule has 1 aromatic rings. The quantitative estimate of drug-likeness (QED) is 0.663. The number of hydrogen-bond donors (Lipinski definition) is 3. The van der Waals surface area contributed by atoms with Crippen molar-refractivity contribution in [1.29, 1.82) is 0 Å². The van der Waals surface area contributed by atoms with E-state index < -0.39 is 0 Å². The Kier molecular flexibility index (Phi) is 7.70. The van der Waals surface area contributed by atoms with Crippen molar-refractivity contribution in [1.82, 2.24) is 16.0 Å². The lowest BCUT2D eigenvalue weighted by Crippen LogP contribution is -2.32. The van der Waals surface area contributed by atoms with Gasteiger partial charge in [0.25, 0.3) is 5.91 Å². The predicted octanol–water partition coefficient (Wildman–Crippen LogP) is 1.37. The van der Waals surface area contributed by atoms with E-state index >= 15 is 0 Å². The Labute approximate surface area is 137 Å². The van der Waals surface area contributed by atoms with Crippen molar-refractivity contribution in [2.45, 2.75) is 13.3 Å². The molecular formula is C15H23ClN4O2. The second kappa shape index (κ2) is 9.27. The normalized spacial score (nSPS) is 13.5. The number of amides is 3. The molecule has 1 aliphatic heterocycles. The lowest BCUT2D eigenvalue weighted by molar-refractivity contribution is 0.0954. The Morgan fingerprint density at radius 3 is 2.55 bits per heavy atom. The Morgan fingerprint density at radius 1 is 1.23 bits per heavy atom. The molecule has 1 aromatic carbocycles. The Hall–Kier alpha value is -1.79. The Bertz CT molecular complexity index is 493. The van der Waals surface area contributed by atoms with Gasteiger partial charge in [0.15, 0.2) is 0 Å². The number of hydrogen-bond acceptors (Lipinski definition) is 3. The van der Waals surface area contributed by atoms with Gasteiger partial charge in [-0.25, -0.2) is 4.79 Å². The number of nitrogens with zero attached hydrogens (tertiary/aromatic N) is 1. The number of anilines is 1. The van der Waals surface area contributed by atoms with Crippen LogP contribution in [-0.2, 0) is 0 Å². The number of carbonyl (C=O) groups is 2. The summed E-state index contributed by atoms with van der Waals surface area (Å²) in [5.41, 5.74) is 1.42. The van der Waals surface area contributed by atoms with E-state index in [1.54, 1.807) is 29.2 Å². The van der Waals surface area contributed by atoms with E-state index in [1.165, 1.54) is 0 Å². The van der Waals surface area contributed by atoms with Gasteiger partial charge in [0.05, 0.1) is 0 Å². The molecule has 0 aromatic heterocycles. The first-order valence-corrected chi connectivity index (χ1v) is 7.36. The number of rotatable bonds is 7. The minimum Gasteiger partial charge on any atom is -0.351 e. The first-order chi connectivity index (χ1) is 10.2. The molecule has 0 atom stereocenters. The lowest BCUT2D eigenvalue weighted by Gasteiger charge is -2.14. The topological polar surface area (TPSA) is 73.5 Å². The van der Waals surface area contributed by atoms with Crippen molar-refractivity contribution in [2.24, 2.45) is 0 Å². The Balaban J connectivity index is 0.00000242. The van der Waals surface area contributed by atoms with Crippen molar-refractivity contribution in [2.75, 3.05) is 37.6 Å². The number of nitrogens with one attached hydrogen (secondary N) is 3. The van der Waals surface area contributed by atoms with Crippen LogP contribution in [-0.4, -0.2) is 44.7 Å². The van der Waals surface area contributed by atoms with Gasteiger partial charge in [-0.1, -0.05) is 6.92 Å². The van der Waals surface area contributed by atoms with Gasteiger partial charge in [0.1, 0.15) is 0 Å². The van der Waals surface area contributed by atoms with Gasteiger partial charge in [-0.05, 0) is 37.2 Å². The van der Waals surface area contributed by atoms with E-state index in [-0.39, 0.29) is 24.3 Å². The second-order valence-electron chi connectivity index (χ2n) is 4.94. The number of urea groups is 1. The third-order valence-electron chi connectivity index (χ3n) is 3.31. The van der Waals surface area contributed by atoms with Crippen molar-refractivity contribution in [3.63, 3.8) is 0 Å².